The Morgan fingerprint density at radius 2 is 2.09 bits per heavy atom. The van der Waals surface area contributed by atoms with Gasteiger partial charge in [0.05, 0.1) is 22.6 Å². The number of hydrogen-bond acceptors (Lipinski definition) is 7. The molecule has 1 unspecified atom stereocenters. The molecule has 4 aromatic rings. The summed E-state index contributed by atoms with van der Waals surface area (Å²) < 4.78 is 14.6. The second-order valence-electron chi connectivity index (χ2n) is 8.15. The van der Waals surface area contributed by atoms with Crippen LogP contribution < -0.4 is 5.56 Å². The van der Waals surface area contributed by atoms with Crippen LogP contribution in [0.15, 0.2) is 52.2 Å². The Morgan fingerprint density at radius 1 is 1.24 bits per heavy atom. The topological polar surface area (TPSA) is 87.7 Å². The summed E-state index contributed by atoms with van der Waals surface area (Å²) in [4.78, 5) is 26.5. The standard InChI is InChI=1S/C24H24N4O4S/c1-15-9-10-19-18(12-15)22(29)27(2)24-26-25-21(28(19)24)13-32-23(30)17-7-3-4-8-20(17)33-14-16-6-5-11-31-16/h3-4,7-10,12,16H,5-6,11,13-14H2,1-2H3. The number of hydrogen-bond donors (Lipinski definition) is 0. The highest BCUT2D eigenvalue weighted by atomic mass is 32.2. The summed E-state index contributed by atoms with van der Waals surface area (Å²) in [7, 11) is 1.66. The van der Waals surface area contributed by atoms with Crippen LogP contribution in [0.25, 0.3) is 16.7 Å². The second kappa shape index (κ2) is 8.99. The van der Waals surface area contributed by atoms with Crippen LogP contribution in [0.5, 0.6) is 0 Å². The van der Waals surface area contributed by atoms with Crippen LogP contribution in [0.2, 0.25) is 0 Å². The third-order valence-corrected chi connectivity index (χ3v) is 7.03. The van der Waals surface area contributed by atoms with Crippen LogP contribution in [0.3, 0.4) is 0 Å². The van der Waals surface area contributed by atoms with Gasteiger partial charge in [-0.2, -0.15) is 0 Å². The SMILES string of the molecule is Cc1ccc2c(c1)c(=O)n(C)c1nnc(COC(=O)c3ccccc3SCC3CCCO3)n21. The number of esters is 1. The number of fused-ring (bicyclic) bond motifs is 3. The maximum Gasteiger partial charge on any atom is 0.339 e. The van der Waals surface area contributed by atoms with Crippen LogP contribution in [0, 0.1) is 6.92 Å². The molecular formula is C24H24N4O4S. The monoisotopic (exact) mass is 464 g/mol. The number of carbonyl (C=O) groups excluding carboxylic acids is 1. The van der Waals surface area contributed by atoms with E-state index in [1.807, 2.05) is 43.3 Å². The molecule has 0 N–H and O–H groups in total. The normalized spacial score (nSPS) is 16.0. The number of thioether (sulfide) groups is 1. The molecule has 9 heteroatoms. The van der Waals surface area contributed by atoms with Crippen molar-refractivity contribution in [3.8, 4) is 0 Å². The maximum absolute atomic E-state index is 12.9. The number of rotatable bonds is 6. The molecule has 3 heterocycles. The summed E-state index contributed by atoms with van der Waals surface area (Å²) >= 11 is 1.61. The molecule has 0 spiro atoms. The lowest BCUT2D eigenvalue weighted by atomic mass is 10.1. The fraction of sp³-hybridized carbons (Fsp3) is 0.333. The summed E-state index contributed by atoms with van der Waals surface area (Å²) in [6, 6.07) is 13.1. The maximum atomic E-state index is 12.9. The van der Waals surface area contributed by atoms with Crippen LogP contribution in [-0.4, -0.2) is 43.6 Å². The van der Waals surface area contributed by atoms with Crippen LogP contribution >= 0.6 is 11.8 Å². The van der Waals surface area contributed by atoms with Gasteiger partial charge in [0, 0.05) is 24.3 Å². The van der Waals surface area contributed by atoms with Crippen molar-refractivity contribution in [2.45, 2.75) is 37.4 Å². The Labute approximate surface area is 194 Å². The van der Waals surface area contributed by atoms with E-state index in [1.165, 1.54) is 4.57 Å². The first-order chi connectivity index (χ1) is 16.0. The van der Waals surface area contributed by atoms with Gasteiger partial charge in [0.15, 0.2) is 12.4 Å². The smallest absolute Gasteiger partial charge is 0.339 e. The minimum Gasteiger partial charge on any atom is -0.454 e. The Morgan fingerprint density at radius 3 is 2.91 bits per heavy atom. The predicted molar refractivity (Wildman–Crippen MR) is 126 cm³/mol. The van der Waals surface area contributed by atoms with Gasteiger partial charge in [-0.3, -0.25) is 13.8 Å². The van der Waals surface area contributed by atoms with Crippen molar-refractivity contribution in [3.05, 3.63) is 69.8 Å². The molecule has 0 aliphatic carbocycles. The quantitative estimate of drug-likeness (QED) is 0.319. The third-order valence-electron chi connectivity index (χ3n) is 5.83. The number of carbonyl (C=O) groups is 1. The molecule has 33 heavy (non-hydrogen) atoms. The molecule has 0 radical (unpaired) electrons. The second-order valence-corrected chi connectivity index (χ2v) is 9.22. The fourth-order valence-electron chi connectivity index (χ4n) is 4.08. The number of nitrogens with zero attached hydrogens (tertiary/aromatic N) is 4. The van der Waals surface area contributed by atoms with E-state index in [-0.39, 0.29) is 18.3 Å². The molecule has 170 valence electrons. The van der Waals surface area contributed by atoms with E-state index in [2.05, 4.69) is 10.2 Å². The molecule has 5 rings (SSSR count). The van der Waals surface area contributed by atoms with Crippen molar-refractivity contribution >= 4 is 34.4 Å². The molecule has 0 bridgehead atoms. The third kappa shape index (κ3) is 4.14. The molecule has 1 aliphatic heterocycles. The van der Waals surface area contributed by atoms with E-state index in [0.717, 1.165) is 35.7 Å². The molecule has 1 fully saturated rings. The summed E-state index contributed by atoms with van der Waals surface area (Å²) in [5.41, 5.74) is 2.04. The Hall–Kier alpha value is -3.17. The number of aryl methyl sites for hydroxylation is 2. The molecule has 2 aromatic carbocycles. The Bertz CT molecular complexity index is 1410. The molecule has 2 aromatic heterocycles. The van der Waals surface area contributed by atoms with Crippen molar-refractivity contribution in [1.82, 2.24) is 19.2 Å². The van der Waals surface area contributed by atoms with Crippen LogP contribution in [-0.2, 0) is 23.1 Å². The van der Waals surface area contributed by atoms with Crippen molar-refractivity contribution in [1.29, 1.82) is 0 Å². The average Bonchev–Trinajstić information content (AvgIpc) is 3.50. The zero-order valence-electron chi connectivity index (χ0n) is 18.5. The van der Waals surface area contributed by atoms with Gasteiger partial charge in [-0.25, -0.2) is 4.79 Å². The van der Waals surface area contributed by atoms with Gasteiger partial charge < -0.3 is 9.47 Å². The van der Waals surface area contributed by atoms with Gasteiger partial charge in [0.2, 0.25) is 5.78 Å². The van der Waals surface area contributed by atoms with E-state index < -0.39 is 5.97 Å². The highest BCUT2D eigenvalue weighted by Gasteiger charge is 2.20. The van der Waals surface area contributed by atoms with Gasteiger partial charge in [-0.1, -0.05) is 23.8 Å². The first-order valence-corrected chi connectivity index (χ1v) is 11.9. The molecule has 1 aliphatic rings. The molecule has 0 saturated carbocycles. The van der Waals surface area contributed by atoms with Gasteiger partial charge >= 0.3 is 5.97 Å². The van der Waals surface area contributed by atoms with Gasteiger partial charge in [-0.15, -0.1) is 22.0 Å². The first kappa shape index (κ1) is 21.7. The van der Waals surface area contributed by atoms with E-state index >= 15 is 0 Å². The van der Waals surface area contributed by atoms with Gasteiger partial charge in [0.1, 0.15) is 0 Å². The minimum absolute atomic E-state index is 0.0636. The largest absolute Gasteiger partial charge is 0.454 e. The predicted octanol–water partition coefficient (Wildman–Crippen LogP) is 3.52. The van der Waals surface area contributed by atoms with Crippen molar-refractivity contribution in [3.63, 3.8) is 0 Å². The number of aromatic nitrogens is 4. The molecule has 1 atom stereocenters. The summed E-state index contributed by atoms with van der Waals surface area (Å²) in [5, 5.41) is 8.92. The van der Waals surface area contributed by atoms with Crippen LogP contribution in [0.1, 0.15) is 34.6 Å². The highest BCUT2D eigenvalue weighted by Crippen LogP contribution is 2.27. The van der Waals surface area contributed by atoms with Gasteiger partial charge in [0.25, 0.3) is 5.56 Å². The van der Waals surface area contributed by atoms with Crippen molar-refractivity contribution in [2.24, 2.45) is 7.05 Å². The lowest BCUT2D eigenvalue weighted by molar-refractivity contribution is 0.0457. The first-order valence-electron chi connectivity index (χ1n) is 10.9. The molecular weight excluding hydrogens is 440 g/mol. The summed E-state index contributed by atoms with van der Waals surface area (Å²) in [6.45, 7) is 2.68. The lowest BCUT2D eigenvalue weighted by Crippen LogP contribution is -2.20. The van der Waals surface area contributed by atoms with Crippen LogP contribution in [0.4, 0.5) is 0 Å². The van der Waals surface area contributed by atoms with E-state index in [0.29, 0.717) is 28.1 Å². The number of benzene rings is 2. The minimum atomic E-state index is -0.424. The zero-order chi connectivity index (χ0) is 22.9. The van der Waals surface area contributed by atoms with E-state index in [1.54, 1.807) is 29.3 Å². The summed E-state index contributed by atoms with van der Waals surface area (Å²) in [6.07, 6.45) is 2.36. The average molecular weight is 465 g/mol. The Kier molecular flexibility index (Phi) is 5.90. The fourth-order valence-corrected chi connectivity index (χ4v) is 5.19. The molecule has 1 saturated heterocycles. The highest BCUT2D eigenvalue weighted by molar-refractivity contribution is 7.99. The van der Waals surface area contributed by atoms with E-state index in [9.17, 15) is 9.59 Å². The molecule has 0 amide bonds. The lowest BCUT2D eigenvalue weighted by Gasteiger charge is -2.12. The summed E-state index contributed by atoms with van der Waals surface area (Å²) in [5.74, 6) is 1.23. The number of ether oxygens (including phenoxy) is 2. The van der Waals surface area contributed by atoms with Crippen molar-refractivity contribution in [2.75, 3.05) is 12.4 Å². The zero-order valence-corrected chi connectivity index (χ0v) is 19.3. The van der Waals surface area contributed by atoms with Crippen molar-refractivity contribution < 1.29 is 14.3 Å². The Balaban J connectivity index is 1.40. The molecule has 8 nitrogen and oxygen atoms in total. The van der Waals surface area contributed by atoms with E-state index in [4.69, 9.17) is 9.47 Å². The van der Waals surface area contributed by atoms with Gasteiger partial charge in [-0.05, 0) is 44.0 Å².